The first-order valence-electron chi connectivity index (χ1n) is 8.27. The van der Waals surface area contributed by atoms with Gasteiger partial charge in [-0.05, 0) is 60.7 Å². The molecule has 0 unspecified atom stereocenters. The fourth-order valence-electron chi connectivity index (χ4n) is 2.43. The van der Waals surface area contributed by atoms with Gasteiger partial charge in [-0.1, -0.05) is 34.1 Å². The fourth-order valence-corrected chi connectivity index (χ4v) is 3.83. The number of halogens is 1. The molecule has 1 aliphatic heterocycles. The van der Waals surface area contributed by atoms with E-state index in [2.05, 4.69) is 20.9 Å². The van der Waals surface area contributed by atoms with Crippen molar-refractivity contribution in [2.45, 2.75) is 6.92 Å². The Labute approximate surface area is 170 Å². The maximum absolute atomic E-state index is 12.5. The van der Waals surface area contributed by atoms with Crippen molar-refractivity contribution in [2.24, 2.45) is 4.99 Å². The molecule has 0 aliphatic carbocycles. The number of amides is 1. The molecule has 0 saturated carbocycles. The van der Waals surface area contributed by atoms with Crippen LogP contribution in [0.1, 0.15) is 22.8 Å². The Morgan fingerprint density at radius 1 is 1.26 bits per heavy atom. The molecule has 0 radical (unpaired) electrons. The van der Waals surface area contributed by atoms with Crippen molar-refractivity contribution in [1.82, 2.24) is 4.90 Å². The Balaban J connectivity index is 1.86. The van der Waals surface area contributed by atoms with Crippen LogP contribution in [0.15, 0.2) is 62.9 Å². The summed E-state index contributed by atoms with van der Waals surface area (Å²) in [6.07, 6.45) is 1.84. The van der Waals surface area contributed by atoms with E-state index in [1.54, 1.807) is 38.2 Å². The van der Waals surface area contributed by atoms with E-state index >= 15 is 0 Å². The SMILES string of the molecule is CCOC(=O)c1cccc(N=C2SC(=Cc3cccc(Br)c3)C(=O)N2C)c1. The molecule has 138 valence electrons. The van der Waals surface area contributed by atoms with Gasteiger partial charge in [0.05, 0.1) is 22.8 Å². The van der Waals surface area contributed by atoms with E-state index in [4.69, 9.17) is 4.74 Å². The zero-order chi connectivity index (χ0) is 19.4. The van der Waals surface area contributed by atoms with Crippen LogP contribution in [0.2, 0.25) is 0 Å². The summed E-state index contributed by atoms with van der Waals surface area (Å²) in [5, 5.41) is 0.558. The second-order valence-corrected chi connectivity index (χ2v) is 7.62. The third kappa shape index (κ3) is 4.67. The number of nitrogens with zero attached hydrogens (tertiary/aromatic N) is 2. The van der Waals surface area contributed by atoms with Crippen LogP contribution in [0.4, 0.5) is 5.69 Å². The molecule has 0 bridgehead atoms. The second-order valence-electron chi connectivity index (χ2n) is 5.70. The fraction of sp³-hybridized carbons (Fsp3) is 0.150. The summed E-state index contributed by atoms with van der Waals surface area (Å²) in [6.45, 7) is 2.07. The van der Waals surface area contributed by atoms with Gasteiger partial charge in [-0.25, -0.2) is 9.79 Å². The van der Waals surface area contributed by atoms with Crippen LogP contribution in [0.5, 0.6) is 0 Å². The lowest BCUT2D eigenvalue weighted by molar-refractivity contribution is -0.121. The first kappa shape index (κ1) is 19.4. The first-order valence-corrected chi connectivity index (χ1v) is 9.88. The highest BCUT2D eigenvalue weighted by Gasteiger charge is 2.30. The molecular formula is C20H17BrN2O3S. The molecule has 27 heavy (non-hydrogen) atoms. The Hall–Kier alpha value is -2.38. The van der Waals surface area contributed by atoms with Gasteiger partial charge in [-0.15, -0.1) is 0 Å². The standard InChI is InChI=1S/C20H17BrN2O3S/c1-3-26-19(25)14-7-5-9-16(12-14)22-20-23(2)18(24)17(27-20)11-13-6-4-8-15(21)10-13/h4-12H,3H2,1-2H3. The number of benzene rings is 2. The van der Waals surface area contributed by atoms with Gasteiger partial charge in [0.25, 0.3) is 5.91 Å². The maximum Gasteiger partial charge on any atom is 0.338 e. The number of amidine groups is 1. The van der Waals surface area contributed by atoms with Gasteiger partial charge in [-0.2, -0.15) is 0 Å². The number of thioether (sulfide) groups is 1. The van der Waals surface area contributed by atoms with Gasteiger partial charge in [-0.3, -0.25) is 9.69 Å². The molecule has 0 spiro atoms. The predicted molar refractivity (Wildman–Crippen MR) is 112 cm³/mol. The Morgan fingerprint density at radius 3 is 2.78 bits per heavy atom. The summed E-state index contributed by atoms with van der Waals surface area (Å²) in [5.41, 5.74) is 1.95. The third-order valence-corrected chi connectivity index (χ3v) is 5.29. The minimum absolute atomic E-state index is 0.111. The summed E-state index contributed by atoms with van der Waals surface area (Å²) in [4.78, 5) is 31.0. The number of hydrogen-bond acceptors (Lipinski definition) is 5. The van der Waals surface area contributed by atoms with Crippen LogP contribution in [0.25, 0.3) is 6.08 Å². The van der Waals surface area contributed by atoms with Crippen LogP contribution in [-0.4, -0.2) is 35.6 Å². The van der Waals surface area contributed by atoms with Gasteiger partial charge in [0.15, 0.2) is 5.17 Å². The number of carbonyl (C=O) groups excluding carboxylic acids is 2. The molecule has 2 aromatic rings. The van der Waals surface area contributed by atoms with Crippen LogP contribution in [0.3, 0.4) is 0 Å². The highest BCUT2D eigenvalue weighted by Crippen LogP contribution is 2.33. The highest BCUT2D eigenvalue weighted by molar-refractivity contribution is 9.10. The predicted octanol–water partition coefficient (Wildman–Crippen LogP) is 4.86. The average molecular weight is 445 g/mol. The molecule has 7 heteroatoms. The number of hydrogen-bond donors (Lipinski definition) is 0. The van der Waals surface area contributed by atoms with E-state index in [0.29, 0.717) is 27.9 Å². The van der Waals surface area contributed by atoms with Gasteiger partial charge >= 0.3 is 5.97 Å². The lowest BCUT2D eigenvalue weighted by Crippen LogP contribution is -2.23. The van der Waals surface area contributed by atoms with E-state index in [1.165, 1.54) is 16.7 Å². The number of carbonyl (C=O) groups is 2. The van der Waals surface area contributed by atoms with E-state index in [-0.39, 0.29) is 5.91 Å². The Morgan fingerprint density at radius 2 is 2.04 bits per heavy atom. The molecule has 5 nitrogen and oxygen atoms in total. The number of ether oxygens (including phenoxy) is 1. The number of esters is 1. The Bertz CT molecular complexity index is 956. The zero-order valence-corrected chi connectivity index (χ0v) is 17.2. The molecule has 0 aromatic heterocycles. The van der Waals surface area contributed by atoms with E-state index < -0.39 is 5.97 Å². The lowest BCUT2D eigenvalue weighted by Gasteiger charge is -2.07. The van der Waals surface area contributed by atoms with Crippen molar-refractivity contribution in [3.8, 4) is 0 Å². The minimum Gasteiger partial charge on any atom is -0.462 e. The second kappa shape index (κ2) is 8.54. The third-order valence-electron chi connectivity index (χ3n) is 3.73. The van der Waals surface area contributed by atoms with Crippen molar-refractivity contribution in [2.75, 3.05) is 13.7 Å². The monoisotopic (exact) mass is 444 g/mol. The normalized spacial score (nSPS) is 17.0. The largest absolute Gasteiger partial charge is 0.462 e. The molecule has 1 heterocycles. The summed E-state index contributed by atoms with van der Waals surface area (Å²) in [5.74, 6) is -0.501. The van der Waals surface area contributed by atoms with Crippen LogP contribution in [0, 0.1) is 0 Å². The quantitative estimate of drug-likeness (QED) is 0.498. The smallest absolute Gasteiger partial charge is 0.338 e. The number of rotatable bonds is 4. The van der Waals surface area contributed by atoms with E-state index in [0.717, 1.165) is 10.0 Å². The zero-order valence-electron chi connectivity index (χ0n) is 14.8. The van der Waals surface area contributed by atoms with Gasteiger partial charge in [0, 0.05) is 11.5 Å². The van der Waals surface area contributed by atoms with E-state index in [9.17, 15) is 9.59 Å². The molecule has 1 amide bonds. The molecule has 3 rings (SSSR count). The van der Waals surface area contributed by atoms with Crippen molar-refractivity contribution >= 4 is 56.5 Å². The molecule has 2 aromatic carbocycles. The molecule has 1 saturated heterocycles. The van der Waals surface area contributed by atoms with Crippen molar-refractivity contribution in [3.63, 3.8) is 0 Å². The minimum atomic E-state index is -0.390. The summed E-state index contributed by atoms with van der Waals surface area (Å²) >= 11 is 4.73. The summed E-state index contributed by atoms with van der Waals surface area (Å²) in [7, 11) is 1.69. The molecular weight excluding hydrogens is 428 g/mol. The van der Waals surface area contributed by atoms with Crippen LogP contribution < -0.4 is 0 Å². The van der Waals surface area contributed by atoms with Gasteiger partial charge in [0.1, 0.15) is 0 Å². The maximum atomic E-state index is 12.5. The van der Waals surface area contributed by atoms with E-state index in [1.807, 2.05) is 30.3 Å². The van der Waals surface area contributed by atoms with Gasteiger partial charge < -0.3 is 4.74 Å². The summed E-state index contributed by atoms with van der Waals surface area (Å²) in [6, 6.07) is 14.6. The van der Waals surface area contributed by atoms with Crippen molar-refractivity contribution < 1.29 is 14.3 Å². The molecule has 0 atom stereocenters. The number of aliphatic imine (C=N–C) groups is 1. The van der Waals surface area contributed by atoms with Crippen molar-refractivity contribution in [3.05, 3.63) is 69.0 Å². The van der Waals surface area contributed by atoms with Crippen LogP contribution >= 0.6 is 27.7 Å². The lowest BCUT2D eigenvalue weighted by atomic mass is 10.2. The molecule has 0 N–H and O–H groups in total. The Kier molecular flexibility index (Phi) is 6.13. The topological polar surface area (TPSA) is 59.0 Å². The first-order chi connectivity index (χ1) is 13.0. The van der Waals surface area contributed by atoms with Gasteiger partial charge in [0.2, 0.25) is 0 Å². The van der Waals surface area contributed by atoms with Crippen molar-refractivity contribution in [1.29, 1.82) is 0 Å². The molecule has 1 fully saturated rings. The highest BCUT2D eigenvalue weighted by atomic mass is 79.9. The molecule has 1 aliphatic rings. The summed E-state index contributed by atoms with van der Waals surface area (Å²) < 4.78 is 5.96. The average Bonchev–Trinajstić information content (AvgIpc) is 2.90. The number of likely N-dealkylation sites (N-methyl/N-ethyl adjacent to an activating group) is 1. The van der Waals surface area contributed by atoms with Crippen LogP contribution in [-0.2, 0) is 9.53 Å².